The van der Waals surface area contributed by atoms with Gasteiger partial charge in [0.15, 0.2) is 0 Å². The van der Waals surface area contributed by atoms with Gasteiger partial charge in [-0.15, -0.1) is 0 Å². The van der Waals surface area contributed by atoms with E-state index in [1.807, 2.05) is 12.1 Å². The molecule has 0 unspecified atom stereocenters. The first-order valence-corrected chi connectivity index (χ1v) is 7.06. The van der Waals surface area contributed by atoms with Crippen molar-refractivity contribution in [2.45, 2.75) is 39.2 Å². The second-order valence-electron chi connectivity index (χ2n) is 4.97. The highest BCUT2D eigenvalue weighted by Crippen LogP contribution is 2.27. The van der Waals surface area contributed by atoms with E-state index in [1.165, 1.54) is 19.3 Å². The van der Waals surface area contributed by atoms with Crippen molar-refractivity contribution < 1.29 is 4.39 Å². The molecule has 100 valence electrons. The standard InChI is InChI=1S/C15H23FN2/c1-2-9-17-12-13-7-6-8-14(16)15(13)18-10-4-3-5-11-18/h6-8,17H,2-5,9-12H2,1H3. The summed E-state index contributed by atoms with van der Waals surface area (Å²) in [6.45, 7) is 5.86. The minimum atomic E-state index is -0.0762. The number of hydrogen-bond donors (Lipinski definition) is 1. The van der Waals surface area contributed by atoms with Gasteiger partial charge < -0.3 is 10.2 Å². The van der Waals surface area contributed by atoms with Gasteiger partial charge in [-0.2, -0.15) is 0 Å². The molecule has 1 heterocycles. The van der Waals surface area contributed by atoms with Crippen LogP contribution in [0.15, 0.2) is 18.2 Å². The molecule has 3 heteroatoms. The molecule has 0 radical (unpaired) electrons. The molecule has 1 aliphatic heterocycles. The molecule has 0 amide bonds. The normalized spacial score (nSPS) is 16.0. The van der Waals surface area contributed by atoms with Crippen LogP contribution >= 0.6 is 0 Å². The molecule has 1 aromatic carbocycles. The maximum atomic E-state index is 14.1. The number of hydrogen-bond acceptors (Lipinski definition) is 2. The Balaban J connectivity index is 2.14. The van der Waals surface area contributed by atoms with Gasteiger partial charge in [0.05, 0.1) is 5.69 Å². The van der Waals surface area contributed by atoms with E-state index < -0.39 is 0 Å². The Bertz CT molecular complexity index is 373. The first-order valence-electron chi connectivity index (χ1n) is 7.06. The Hall–Kier alpha value is -1.09. The maximum Gasteiger partial charge on any atom is 0.146 e. The van der Waals surface area contributed by atoms with Crippen molar-refractivity contribution in [3.05, 3.63) is 29.6 Å². The predicted molar refractivity (Wildman–Crippen MR) is 74.5 cm³/mol. The van der Waals surface area contributed by atoms with Crippen LogP contribution in [0.3, 0.4) is 0 Å². The van der Waals surface area contributed by atoms with Gasteiger partial charge in [0.2, 0.25) is 0 Å². The van der Waals surface area contributed by atoms with E-state index in [-0.39, 0.29) is 5.82 Å². The average Bonchev–Trinajstić information content (AvgIpc) is 2.40. The van der Waals surface area contributed by atoms with Crippen LogP contribution in [0.2, 0.25) is 0 Å². The van der Waals surface area contributed by atoms with Crippen molar-refractivity contribution in [2.24, 2.45) is 0 Å². The van der Waals surface area contributed by atoms with Gasteiger partial charge >= 0.3 is 0 Å². The second-order valence-corrected chi connectivity index (χ2v) is 4.97. The van der Waals surface area contributed by atoms with Gasteiger partial charge in [-0.3, -0.25) is 0 Å². The minimum Gasteiger partial charge on any atom is -0.369 e. The van der Waals surface area contributed by atoms with Gasteiger partial charge in [-0.05, 0) is 43.9 Å². The van der Waals surface area contributed by atoms with Crippen molar-refractivity contribution in [3.8, 4) is 0 Å². The number of anilines is 1. The van der Waals surface area contributed by atoms with Gasteiger partial charge in [-0.1, -0.05) is 19.1 Å². The van der Waals surface area contributed by atoms with E-state index in [1.54, 1.807) is 6.07 Å². The summed E-state index contributed by atoms with van der Waals surface area (Å²) in [6.07, 6.45) is 4.73. The molecule has 0 spiro atoms. The first kappa shape index (κ1) is 13.3. The molecule has 1 aromatic rings. The Morgan fingerprint density at radius 1 is 1.22 bits per heavy atom. The monoisotopic (exact) mass is 250 g/mol. The summed E-state index contributed by atoms with van der Waals surface area (Å²) < 4.78 is 14.1. The fourth-order valence-corrected chi connectivity index (χ4v) is 2.57. The molecule has 1 saturated heterocycles. The molecule has 0 aromatic heterocycles. The third kappa shape index (κ3) is 3.22. The van der Waals surface area contributed by atoms with Crippen molar-refractivity contribution >= 4 is 5.69 Å². The second kappa shape index (κ2) is 6.74. The zero-order chi connectivity index (χ0) is 12.8. The number of rotatable bonds is 5. The van der Waals surface area contributed by atoms with Gasteiger partial charge in [0, 0.05) is 19.6 Å². The molecule has 1 N–H and O–H groups in total. The zero-order valence-corrected chi connectivity index (χ0v) is 11.2. The number of nitrogens with zero attached hydrogens (tertiary/aromatic N) is 1. The number of benzene rings is 1. The number of para-hydroxylation sites is 1. The molecule has 2 rings (SSSR count). The summed E-state index contributed by atoms with van der Waals surface area (Å²) in [6, 6.07) is 5.43. The Morgan fingerprint density at radius 2 is 2.00 bits per heavy atom. The lowest BCUT2D eigenvalue weighted by atomic mass is 10.1. The lowest BCUT2D eigenvalue weighted by Crippen LogP contribution is -2.31. The smallest absolute Gasteiger partial charge is 0.146 e. The van der Waals surface area contributed by atoms with E-state index in [9.17, 15) is 4.39 Å². The van der Waals surface area contributed by atoms with Crippen LogP contribution < -0.4 is 10.2 Å². The summed E-state index contributed by atoms with van der Waals surface area (Å²) in [5.74, 6) is -0.0762. The third-order valence-corrected chi connectivity index (χ3v) is 3.48. The Labute approximate surface area is 109 Å². The topological polar surface area (TPSA) is 15.3 Å². The summed E-state index contributed by atoms with van der Waals surface area (Å²) >= 11 is 0. The number of halogens is 1. The molecule has 0 atom stereocenters. The van der Waals surface area contributed by atoms with Crippen LogP contribution in [0, 0.1) is 5.82 Å². The van der Waals surface area contributed by atoms with Crippen LogP contribution in [0.25, 0.3) is 0 Å². The molecule has 0 saturated carbocycles. The molecule has 1 aliphatic rings. The van der Waals surface area contributed by atoms with Crippen LogP contribution in [0.4, 0.5) is 10.1 Å². The summed E-state index contributed by atoms with van der Waals surface area (Å²) in [5.41, 5.74) is 1.91. The Kier molecular flexibility index (Phi) is 5.00. The predicted octanol–water partition coefficient (Wildman–Crippen LogP) is 3.32. The fourth-order valence-electron chi connectivity index (χ4n) is 2.57. The van der Waals surface area contributed by atoms with Crippen LogP contribution in [0.1, 0.15) is 38.2 Å². The van der Waals surface area contributed by atoms with Crippen molar-refractivity contribution in [1.29, 1.82) is 0 Å². The van der Waals surface area contributed by atoms with E-state index in [0.29, 0.717) is 0 Å². The van der Waals surface area contributed by atoms with Gasteiger partial charge in [0.1, 0.15) is 5.82 Å². The number of nitrogens with one attached hydrogen (secondary N) is 1. The molecule has 0 aliphatic carbocycles. The van der Waals surface area contributed by atoms with Crippen molar-refractivity contribution in [3.63, 3.8) is 0 Å². The van der Waals surface area contributed by atoms with Crippen LogP contribution in [-0.4, -0.2) is 19.6 Å². The van der Waals surface area contributed by atoms with Crippen molar-refractivity contribution in [2.75, 3.05) is 24.5 Å². The van der Waals surface area contributed by atoms with E-state index in [0.717, 1.165) is 43.9 Å². The van der Waals surface area contributed by atoms with E-state index in [4.69, 9.17) is 0 Å². The molecular formula is C15H23FN2. The third-order valence-electron chi connectivity index (χ3n) is 3.48. The SMILES string of the molecule is CCCNCc1cccc(F)c1N1CCCCC1. The quantitative estimate of drug-likeness (QED) is 0.806. The van der Waals surface area contributed by atoms with E-state index >= 15 is 0 Å². The molecular weight excluding hydrogens is 227 g/mol. The fraction of sp³-hybridized carbons (Fsp3) is 0.600. The van der Waals surface area contributed by atoms with Gasteiger partial charge in [0.25, 0.3) is 0 Å². The number of piperidine rings is 1. The van der Waals surface area contributed by atoms with Crippen molar-refractivity contribution in [1.82, 2.24) is 5.32 Å². The lowest BCUT2D eigenvalue weighted by Gasteiger charge is -2.31. The largest absolute Gasteiger partial charge is 0.369 e. The maximum absolute atomic E-state index is 14.1. The summed E-state index contributed by atoms with van der Waals surface area (Å²) in [4.78, 5) is 2.21. The van der Waals surface area contributed by atoms with Crippen LogP contribution in [0.5, 0.6) is 0 Å². The summed E-state index contributed by atoms with van der Waals surface area (Å²) in [5, 5.41) is 3.36. The lowest BCUT2D eigenvalue weighted by molar-refractivity contribution is 0.552. The average molecular weight is 250 g/mol. The minimum absolute atomic E-state index is 0.0762. The molecule has 1 fully saturated rings. The molecule has 0 bridgehead atoms. The van der Waals surface area contributed by atoms with E-state index in [2.05, 4.69) is 17.1 Å². The van der Waals surface area contributed by atoms with Crippen LogP contribution in [-0.2, 0) is 6.54 Å². The molecule has 18 heavy (non-hydrogen) atoms. The van der Waals surface area contributed by atoms with Gasteiger partial charge in [-0.25, -0.2) is 4.39 Å². The zero-order valence-electron chi connectivity index (χ0n) is 11.2. The highest BCUT2D eigenvalue weighted by Gasteiger charge is 2.17. The summed E-state index contributed by atoms with van der Waals surface area (Å²) in [7, 11) is 0. The Morgan fingerprint density at radius 3 is 2.72 bits per heavy atom. The highest BCUT2D eigenvalue weighted by molar-refractivity contribution is 5.55. The molecule has 2 nitrogen and oxygen atoms in total. The highest BCUT2D eigenvalue weighted by atomic mass is 19.1. The first-order chi connectivity index (χ1) is 8.83.